The quantitative estimate of drug-likeness (QED) is 0.893. The smallest absolute Gasteiger partial charge is 0.274 e. The Hall–Kier alpha value is -2.07. The molecule has 21 heavy (non-hydrogen) atoms. The van der Waals surface area contributed by atoms with Crippen molar-refractivity contribution in [1.29, 1.82) is 0 Å². The Bertz CT molecular complexity index is 656. The molecule has 4 nitrogen and oxygen atoms in total. The first kappa shape index (κ1) is 15.3. The van der Waals surface area contributed by atoms with Crippen molar-refractivity contribution >= 4 is 29.0 Å². The second-order valence-electron chi connectivity index (χ2n) is 5.12. The minimum Gasteiger partial charge on any atom is -0.368 e. The van der Waals surface area contributed by atoms with Crippen LogP contribution in [0.3, 0.4) is 0 Å². The number of nitrogens with zero attached hydrogens (tertiary/aromatic N) is 1. The van der Waals surface area contributed by atoms with Crippen LogP contribution in [-0.2, 0) is 0 Å². The van der Waals surface area contributed by atoms with Gasteiger partial charge >= 0.3 is 0 Å². The lowest BCUT2D eigenvalue weighted by atomic mass is 10.2. The molecule has 2 aromatic rings. The van der Waals surface area contributed by atoms with Gasteiger partial charge in [-0.15, -0.1) is 0 Å². The first-order chi connectivity index (χ1) is 9.95. The van der Waals surface area contributed by atoms with E-state index < -0.39 is 0 Å². The molecule has 0 aliphatic heterocycles. The average molecular weight is 304 g/mol. The highest BCUT2D eigenvalue weighted by molar-refractivity contribution is 6.31. The summed E-state index contributed by atoms with van der Waals surface area (Å²) in [6.45, 7) is 5.95. The number of carbonyl (C=O) groups excluding carboxylic acids is 1. The normalized spacial score (nSPS) is 10.5. The van der Waals surface area contributed by atoms with Gasteiger partial charge in [-0.25, -0.2) is 4.98 Å². The highest BCUT2D eigenvalue weighted by Crippen LogP contribution is 2.20. The Balaban J connectivity index is 2.18. The highest BCUT2D eigenvalue weighted by Gasteiger charge is 2.10. The van der Waals surface area contributed by atoms with E-state index in [1.54, 1.807) is 24.3 Å². The standard InChI is InChI=1S/C16H18ClN3O/c1-10(2)18-15-6-4-5-13(19-15)16(21)20-14-9-12(17)8-7-11(14)3/h4-10H,1-3H3,(H,18,19)(H,20,21). The number of rotatable bonds is 4. The van der Waals surface area contributed by atoms with Crippen LogP contribution in [0, 0.1) is 6.92 Å². The molecule has 0 aliphatic rings. The van der Waals surface area contributed by atoms with E-state index in [0.29, 0.717) is 22.2 Å². The SMILES string of the molecule is Cc1ccc(Cl)cc1NC(=O)c1cccc(NC(C)C)n1. The summed E-state index contributed by atoms with van der Waals surface area (Å²) in [4.78, 5) is 16.6. The fourth-order valence-electron chi connectivity index (χ4n) is 1.85. The molecule has 0 saturated heterocycles. The first-order valence-electron chi connectivity index (χ1n) is 6.77. The van der Waals surface area contributed by atoms with Crippen molar-refractivity contribution in [2.24, 2.45) is 0 Å². The summed E-state index contributed by atoms with van der Waals surface area (Å²) in [7, 11) is 0. The molecular formula is C16H18ClN3O. The van der Waals surface area contributed by atoms with Gasteiger partial charge in [0.15, 0.2) is 0 Å². The third kappa shape index (κ3) is 4.20. The lowest BCUT2D eigenvalue weighted by Crippen LogP contribution is -2.17. The van der Waals surface area contributed by atoms with E-state index in [4.69, 9.17) is 11.6 Å². The molecule has 1 heterocycles. The van der Waals surface area contributed by atoms with Crippen LogP contribution >= 0.6 is 11.6 Å². The van der Waals surface area contributed by atoms with Crippen molar-refractivity contribution in [3.8, 4) is 0 Å². The van der Waals surface area contributed by atoms with Crippen LogP contribution in [0.25, 0.3) is 0 Å². The van der Waals surface area contributed by atoms with Gasteiger partial charge in [-0.2, -0.15) is 0 Å². The van der Waals surface area contributed by atoms with Crippen LogP contribution in [0.15, 0.2) is 36.4 Å². The predicted molar refractivity (Wildman–Crippen MR) is 87.1 cm³/mol. The molecular weight excluding hydrogens is 286 g/mol. The Morgan fingerprint density at radius 1 is 1.24 bits per heavy atom. The van der Waals surface area contributed by atoms with Gasteiger partial charge in [0.1, 0.15) is 11.5 Å². The van der Waals surface area contributed by atoms with E-state index in [9.17, 15) is 4.79 Å². The molecule has 0 unspecified atom stereocenters. The second-order valence-corrected chi connectivity index (χ2v) is 5.56. The van der Waals surface area contributed by atoms with Crippen molar-refractivity contribution < 1.29 is 4.79 Å². The van der Waals surface area contributed by atoms with Gasteiger partial charge in [0.2, 0.25) is 0 Å². The number of carbonyl (C=O) groups is 1. The molecule has 1 aromatic heterocycles. The van der Waals surface area contributed by atoms with Crippen molar-refractivity contribution in [2.75, 3.05) is 10.6 Å². The maximum atomic E-state index is 12.3. The van der Waals surface area contributed by atoms with E-state index in [2.05, 4.69) is 15.6 Å². The average Bonchev–Trinajstić information content (AvgIpc) is 2.42. The minimum atomic E-state index is -0.257. The fraction of sp³-hybridized carbons (Fsp3) is 0.250. The summed E-state index contributed by atoms with van der Waals surface area (Å²) in [5.74, 6) is 0.424. The molecule has 2 rings (SSSR count). The predicted octanol–water partition coefficient (Wildman–Crippen LogP) is 4.12. The molecule has 2 N–H and O–H groups in total. The summed E-state index contributed by atoms with van der Waals surface area (Å²) >= 11 is 5.95. The van der Waals surface area contributed by atoms with Crippen LogP contribution in [0.4, 0.5) is 11.5 Å². The molecule has 0 aliphatic carbocycles. The molecule has 5 heteroatoms. The van der Waals surface area contributed by atoms with E-state index in [1.807, 2.05) is 32.9 Å². The van der Waals surface area contributed by atoms with Crippen LogP contribution in [0.2, 0.25) is 5.02 Å². The molecule has 110 valence electrons. The van der Waals surface area contributed by atoms with Crippen molar-refractivity contribution in [1.82, 2.24) is 4.98 Å². The fourth-order valence-corrected chi connectivity index (χ4v) is 2.02. The zero-order chi connectivity index (χ0) is 15.4. The molecule has 0 fully saturated rings. The Kier molecular flexibility index (Phi) is 4.81. The summed E-state index contributed by atoms with van der Waals surface area (Å²) in [5.41, 5.74) is 2.00. The molecule has 1 amide bonds. The number of hydrogen-bond donors (Lipinski definition) is 2. The molecule has 0 saturated carbocycles. The van der Waals surface area contributed by atoms with Crippen molar-refractivity contribution in [3.05, 3.63) is 52.7 Å². The second kappa shape index (κ2) is 6.59. The van der Waals surface area contributed by atoms with Gasteiger partial charge in [-0.3, -0.25) is 4.79 Å². The Morgan fingerprint density at radius 2 is 2.00 bits per heavy atom. The third-order valence-electron chi connectivity index (χ3n) is 2.87. The topological polar surface area (TPSA) is 54.0 Å². The van der Waals surface area contributed by atoms with Gasteiger partial charge in [-0.1, -0.05) is 23.7 Å². The zero-order valence-corrected chi connectivity index (χ0v) is 13.0. The third-order valence-corrected chi connectivity index (χ3v) is 3.10. The Morgan fingerprint density at radius 3 is 2.71 bits per heavy atom. The number of benzene rings is 1. The van der Waals surface area contributed by atoms with Crippen molar-refractivity contribution in [3.63, 3.8) is 0 Å². The molecule has 0 radical (unpaired) electrons. The molecule has 0 spiro atoms. The summed E-state index contributed by atoms with van der Waals surface area (Å²) in [6.07, 6.45) is 0. The van der Waals surface area contributed by atoms with E-state index >= 15 is 0 Å². The van der Waals surface area contributed by atoms with E-state index in [0.717, 1.165) is 5.56 Å². The van der Waals surface area contributed by atoms with Gasteiger partial charge in [-0.05, 0) is 50.6 Å². The van der Waals surface area contributed by atoms with Gasteiger partial charge in [0.25, 0.3) is 5.91 Å². The van der Waals surface area contributed by atoms with Gasteiger partial charge in [0, 0.05) is 16.8 Å². The number of pyridine rings is 1. The number of aryl methyl sites for hydroxylation is 1. The first-order valence-corrected chi connectivity index (χ1v) is 7.14. The van der Waals surface area contributed by atoms with Crippen LogP contribution in [0.1, 0.15) is 29.9 Å². The molecule has 1 aromatic carbocycles. The molecule has 0 atom stereocenters. The van der Waals surface area contributed by atoms with Crippen molar-refractivity contribution in [2.45, 2.75) is 26.8 Å². The van der Waals surface area contributed by atoms with Gasteiger partial charge < -0.3 is 10.6 Å². The number of amides is 1. The number of anilines is 2. The van der Waals surface area contributed by atoms with E-state index in [1.165, 1.54) is 0 Å². The maximum Gasteiger partial charge on any atom is 0.274 e. The van der Waals surface area contributed by atoms with Crippen LogP contribution in [0.5, 0.6) is 0 Å². The van der Waals surface area contributed by atoms with E-state index in [-0.39, 0.29) is 11.9 Å². The zero-order valence-electron chi connectivity index (χ0n) is 12.3. The molecule has 0 bridgehead atoms. The lowest BCUT2D eigenvalue weighted by Gasteiger charge is -2.11. The maximum absolute atomic E-state index is 12.3. The lowest BCUT2D eigenvalue weighted by molar-refractivity contribution is 0.102. The van der Waals surface area contributed by atoms with Gasteiger partial charge in [0.05, 0.1) is 0 Å². The highest BCUT2D eigenvalue weighted by atomic mass is 35.5. The van der Waals surface area contributed by atoms with Crippen LogP contribution in [-0.4, -0.2) is 16.9 Å². The monoisotopic (exact) mass is 303 g/mol. The minimum absolute atomic E-state index is 0.256. The number of nitrogens with one attached hydrogen (secondary N) is 2. The summed E-state index contributed by atoms with van der Waals surface area (Å²) in [5, 5.41) is 6.59. The summed E-state index contributed by atoms with van der Waals surface area (Å²) < 4.78 is 0. The Labute approximate surface area is 129 Å². The number of halogens is 1. The number of aromatic nitrogens is 1. The largest absolute Gasteiger partial charge is 0.368 e. The summed E-state index contributed by atoms with van der Waals surface area (Å²) in [6, 6.07) is 11.0. The number of hydrogen-bond acceptors (Lipinski definition) is 3. The van der Waals surface area contributed by atoms with Crippen LogP contribution < -0.4 is 10.6 Å².